The zero-order chi connectivity index (χ0) is 20.0. The summed E-state index contributed by atoms with van der Waals surface area (Å²) >= 11 is 0. The van der Waals surface area contributed by atoms with Crippen LogP contribution in [0.25, 0.3) is 0 Å². The number of urea groups is 1. The van der Waals surface area contributed by atoms with E-state index in [4.69, 9.17) is 4.74 Å². The summed E-state index contributed by atoms with van der Waals surface area (Å²) in [4.78, 5) is 37.4. The number of nitrogens with zero attached hydrogens (tertiary/aromatic N) is 1. The molecule has 0 bridgehead atoms. The normalized spacial score (nSPS) is 17.3. The maximum absolute atomic E-state index is 12.8. The van der Waals surface area contributed by atoms with Crippen LogP contribution in [0.15, 0.2) is 24.3 Å². The van der Waals surface area contributed by atoms with Crippen LogP contribution in [0, 0.1) is 5.92 Å². The first-order valence-corrected chi connectivity index (χ1v) is 8.62. The molecule has 2 amide bonds. The minimum absolute atomic E-state index is 0.0244. The molecule has 1 atom stereocenters. The molecule has 0 radical (unpaired) electrons. The first kappa shape index (κ1) is 20.7. The minimum Gasteiger partial charge on any atom is -0.465 e. The van der Waals surface area contributed by atoms with Crippen LogP contribution in [-0.4, -0.2) is 48.9 Å². The number of ketones is 1. The first-order valence-electron chi connectivity index (χ1n) is 8.62. The Morgan fingerprint density at radius 3 is 2.70 bits per heavy atom. The van der Waals surface area contributed by atoms with Crippen molar-refractivity contribution in [1.82, 2.24) is 10.2 Å². The van der Waals surface area contributed by atoms with Crippen LogP contribution in [0.5, 0.6) is 0 Å². The summed E-state index contributed by atoms with van der Waals surface area (Å²) in [6.45, 7) is 2.06. The van der Waals surface area contributed by atoms with E-state index >= 15 is 0 Å². The summed E-state index contributed by atoms with van der Waals surface area (Å²) < 4.78 is 43.2. The lowest BCUT2D eigenvalue weighted by Crippen LogP contribution is -2.48. The Balaban J connectivity index is 2.00. The lowest BCUT2D eigenvalue weighted by atomic mass is 9.89. The van der Waals surface area contributed by atoms with Crippen LogP contribution in [0.1, 0.15) is 35.7 Å². The van der Waals surface area contributed by atoms with E-state index in [1.807, 2.05) is 0 Å². The van der Waals surface area contributed by atoms with E-state index in [0.717, 1.165) is 12.1 Å². The van der Waals surface area contributed by atoms with Gasteiger partial charge in [0.05, 0.1) is 12.2 Å². The third-order valence-corrected chi connectivity index (χ3v) is 4.24. The highest BCUT2D eigenvalue weighted by Gasteiger charge is 2.33. The topological polar surface area (TPSA) is 75.7 Å². The molecule has 0 spiro atoms. The number of ether oxygens (including phenoxy) is 1. The molecule has 1 aromatic rings. The summed E-state index contributed by atoms with van der Waals surface area (Å²) in [5, 5.41) is 2.42. The average molecular weight is 386 g/mol. The zero-order valence-electron chi connectivity index (χ0n) is 14.8. The van der Waals surface area contributed by atoms with Crippen LogP contribution in [0.3, 0.4) is 0 Å². The van der Waals surface area contributed by atoms with Crippen molar-refractivity contribution >= 4 is 17.8 Å². The molecule has 2 rings (SSSR count). The standard InChI is InChI=1S/C18H21F3N2O4/c1-2-27-15(24)10-22-17(26)23-8-4-6-13(11-23)16(25)12-5-3-7-14(9-12)18(19,20)21/h3,5,7,9,13H,2,4,6,8,10-11H2,1H3,(H,22,26)/t13-/m0/s1. The largest absolute Gasteiger partial charge is 0.465 e. The van der Waals surface area contributed by atoms with Crippen LogP contribution < -0.4 is 5.32 Å². The predicted molar refractivity (Wildman–Crippen MR) is 90.1 cm³/mol. The first-order chi connectivity index (χ1) is 12.7. The molecule has 148 valence electrons. The van der Waals surface area contributed by atoms with Crippen LogP contribution in [0.2, 0.25) is 0 Å². The lowest BCUT2D eigenvalue weighted by Gasteiger charge is -2.32. The molecular weight excluding hydrogens is 365 g/mol. The van der Waals surface area contributed by atoms with Gasteiger partial charge in [-0.2, -0.15) is 13.2 Å². The van der Waals surface area contributed by atoms with Crippen molar-refractivity contribution in [3.05, 3.63) is 35.4 Å². The van der Waals surface area contributed by atoms with Crippen molar-refractivity contribution in [2.24, 2.45) is 5.92 Å². The summed E-state index contributed by atoms with van der Waals surface area (Å²) in [6.07, 6.45) is -3.50. The van der Waals surface area contributed by atoms with Crippen molar-refractivity contribution in [2.45, 2.75) is 25.9 Å². The summed E-state index contributed by atoms with van der Waals surface area (Å²) in [5.74, 6) is -1.58. The lowest BCUT2D eigenvalue weighted by molar-refractivity contribution is -0.142. The number of carbonyl (C=O) groups excluding carboxylic acids is 3. The van der Waals surface area contributed by atoms with Crippen molar-refractivity contribution in [3.63, 3.8) is 0 Å². The van der Waals surface area contributed by atoms with Gasteiger partial charge < -0.3 is 15.0 Å². The number of hydrogen-bond acceptors (Lipinski definition) is 4. The maximum Gasteiger partial charge on any atom is 0.416 e. The third-order valence-electron chi connectivity index (χ3n) is 4.24. The molecule has 1 heterocycles. The number of likely N-dealkylation sites (tertiary alicyclic amines) is 1. The summed E-state index contributed by atoms with van der Waals surface area (Å²) in [5.41, 5.74) is -0.906. The number of alkyl halides is 3. The third kappa shape index (κ3) is 5.70. The van der Waals surface area contributed by atoms with E-state index in [2.05, 4.69) is 5.32 Å². The van der Waals surface area contributed by atoms with Crippen LogP contribution >= 0.6 is 0 Å². The van der Waals surface area contributed by atoms with Gasteiger partial charge in [-0.05, 0) is 31.9 Å². The number of nitrogens with one attached hydrogen (secondary N) is 1. The molecule has 0 aromatic heterocycles. The molecule has 1 aromatic carbocycles. The number of piperidine rings is 1. The van der Waals surface area contributed by atoms with Crippen molar-refractivity contribution < 1.29 is 32.3 Å². The van der Waals surface area contributed by atoms with Gasteiger partial charge in [0.1, 0.15) is 6.54 Å². The molecule has 6 nitrogen and oxygen atoms in total. The number of rotatable bonds is 5. The van der Waals surface area contributed by atoms with Gasteiger partial charge in [0.25, 0.3) is 0 Å². The van der Waals surface area contributed by atoms with E-state index in [9.17, 15) is 27.6 Å². The average Bonchev–Trinajstić information content (AvgIpc) is 2.65. The molecule has 9 heteroatoms. The molecule has 1 N–H and O–H groups in total. The van der Waals surface area contributed by atoms with Gasteiger partial charge in [0.15, 0.2) is 5.78 Å². The van der Waals surface area contributed by atoms with Crippen molar-refractivity contribution in [2.75, 3.05) is 26.2 Å². The number of carbonyl (C=O) groups is 3. The summed E-state index contributed by atoms with van der Waals surface area (Å²) in [6, 6.07) is 3.78. The fourth-order valence-electron chi connectivity index (χ4n) is 2.93. The van der Waals surface area contributed by atoms with E-state index < -0.39 is 35.4 Å². The Hall–Kier alpha value is -2.58. The molecule has 27 heavy (non-hydrogen) atoms. The Bertz CT molecular complexity index is 706. The van der Waals surface area contributed by atoms with Gasteiger partial charge in [0, 0.05) is 24.6 Å². The second kappa shape index (κ2) is 8.88. The Labute approximate surface area is 154 Å². The van der Waals surface area contributed by atoms with Gasteiger partial charge in [-0.1, -0.05) is 12.1 Å². The monoisotopic (exact) mass is 386 g/mol. The van der Waals surface area contributed by atoms with Gasteiger partial charge in [-0.25, -0.2) is 4.79 Å². The highest BCUT2D eigenvalue weighted by molar-refractivity contribution is 5.98. The van der Waals surface area contributed by atoms with E-state index in [-0.39, 0.29) is 25.3 Å². The molecule has 0 unspecified atom stereocenters. The Kier molecular flexibility index (Phi) is 6.81. The molecule has 1 aliphatic heterocycles. The number of halogens is 3. The van der Waals surface area contributed by atoms with Gasteiger partial charge >= 0.3 is 18.2 Å². The summed E-state index contributed by atoms with van der Waals surface area (Å²) in [7, 11) is 0. The Morgan fingerprint density at radius 2 is 2.04 bits per heavy atom. The smallest absolute Gasteiger partial charge is 0.416 e. The fourth-order valence-corrected chi connectivity index (χ4v) is 2.93. The number of benzene rings is 1. The van der Waals surface area contributed by atoms with Crippen molar-refractivity contribution in [3.8, 4) is 0 Å². The van der Waals surface area contributed by atoms with Gasteiger partial charge in [0.2, 0.25) is 0 Å². The molecule has 1 fully saturated rings. The zero-order valence-corrected chi connectivity index (χ0v) is 14.8. The van der Waals surface area contributed by atoms with Crippen LogP contribution in [-0.2, 0) is 15.7 Å². The molecule has 1 aliphatic rings. The predicted octanol–water partition coefficient (Wildman–Crippen LogP) is 2.87. The SMILES string of the molecule is CCOC(=O)CNC(=O)N1CCC[C@H](C(=O)c2cccc(C(F)(F)F)c2)C1. The maximum atomic E-state index is 12.8. The quantitative estimate of drug-likeness (QED) is 0.624. The number of amides is 2. The number of hydrogen-bond donors (Lipinski definition) is 1. The number of esters is 1. The minimum atomic E-state index is -4.53. The van der Waals surface area contributed by atoms with E-state index in [0.29, 0.717) is 19.4 Å². The van der Waals surface area contributed by atoms with Gasteiger partial charge in [-0.3, -0.25) is 9.59 Å². The second-order valence-corrected chi connectivity index (χ2v) is 6.19. The highest BCUT2D eigenvalue weighted by atomic mass is 19.4. The van der Waals surface area contributed by atoms with Crippen LogP contribution in [0.4, 0.5) is 18.0 Å². The molecule has 1 saturated heterocycles. The molecule has 0 aliphatic carbocycles. The van der Waals surface area contributed by atoms with Crippen molar-refractivity contribution in [1.29, 1.82) is 0 Å². The highest BCUT2D eigenvalue weighted by Crippen LogP contribution is 2.30. The Morgan fingerprint density at radius 1 is 1.30 bits per heavy atom. The van der Waals surface area contributed by atoms with E-state index in [1.165, 1.54) is 17.0 Å². The molecule has 0 saturated carbocycles. The number of Topliss-reactive ketones (excluding diaryl/α,β-unsaturated/α-hetero) is 1. The van der Waals surface area contributed by atoms with E-state index in [1.54, 1.807) is 6.92 Å². The van der Waals surface area contributed by atoms with Gasteiger partial charge in [-0.15, -0.1) is 0 Å². The second-order valence-electron chi connectivity index (χ2n) is 6.19. The molecular formula is C18H21F3N2O4. The fraction of sp³-hybridized carbons (Fsp3) is 0.500.